The van der Waals surface area contributed by atoms with Gasteiger partial charge in [-0.05, 0) is 16.8 Å². The molecule has 1 aliphatic heterocycles. The van der Waals surface area contributed by atoms with Crippen LogP contribution in [0, 0.1) is 0 Å². The van der Waals surface area contributed by atoms with Crippen molar-refractivity contribution in [3.05, 3.63) is 5.82 Å². The van der Waals surface area contributed by atoms with Crippen molar-refractivity contribution in [2.24, 2.45) is 4.99 Å². The van der Waals surface area contributed by atoms with E-state index in [1.165, 1.54) is 4.38 Å². The van der Waals surface area contributed by atoms with Crippen molar-refractivity contribution >= 4 is 27.9 Å². The number of thioether (sulfide) groups is 2. The molecule has 0 N–H and O–H groups in total. The number of aryl methyl sites for hydroxylation is 1. The minimum absolute atomic E-state index is 0.818. The van der Waals surface area contributed by atoms with Gasteiger partial charge in [0.2, 0.25) is 0 Å². The van der Waals surface area contributed by atoms with E-state index in [2.05, 4.69) is 27.4 Å². The number of aromatic nitrogens is 4. The summed E-state index contributed by atoms with van der Waals surface area (Å²) in [4.78, 5) is 4.38. The zero-order chi connectivity index (χ0) is 10.5. The Bertz CT molecular complexity index is 349. The maximum absolute atomic E-state index is 4.38. The van der Waals surface area contributed by atoms with E-state index in [-0.39, 0.29) is 0 Å². The van der Waals surface area contributed by atoms with Crippen LogP contribution in [0.1, 0.15) is 19.2 Å². The predicted molar refractivity (Wildman–Crippen MR) is 64.2 cm³/mol. The summed E-state index contributed by atoms with van der Waals surface area (Å²) in [5.41, 5.74) is 0. The van der Waals surface area contributed by atoms with Crippen LogP contribution in [0.25, 0.3) is 0 Å². The molecule has 0 radical (unpaired) electrons. The third-order valence-corrected chi connectivity index (χ3v) is 4.17. The van der Waals surface area contributed by atoms with Gasteiger partial charge in [0.1, 0.15) is 4.38 Å². The monoisotopic (exact) mass is 243 g/mol. The summed E-state index contributed by atoms with van der Waals surface area (Å²) in [5.74, 6) is 2.87. The van der Waals surface area contributed by atoms with E-state index in [0.29, 0.717) is 0 Å². The second-order valence-electron chi connectivity index (χ2n) is 3.10. The Morgan fingerprint density at radius 1 is 1.53 bits per heavy atom. The smallest absolute Gasteiger partial charge is 0.161 e. The fourth-order valence-electron chi connectivity index (χ4n) is 1.24. The summed E-state index contributed by atoms with van der Waals surface area (Å²) < 4.78 is 3.04. The molecule has 82 valence electrons. The van der Waals surface area contributed by atoms with Crippen LogP contribution in [0.3, 0.4) is 0 Å². The summed E-state index contributed by atoms with van der Waals surface area (Å²) in [6.07, 6.45) is 1.05. The SMILES string of the molecule is CCCn1nnnc1CSC1=NCCS1. The average molecular weight is 243 g/mol. The van der Waals surface area contributed by atoms with E-state index in [1.54, 1.807) is 11.8 Å². The minimum Gasteiger partial charge on any atom is -0.271 e. The Morgan fingerprint density at radius 2 is 2.47 bits per heavy atom. The lowest BCUT2D eigenvalue weighted by molar-refractivity contribution is 0.564. The van der Waals surface area contributed by atoms with E-state index in [9.17, 15) is 0 Å². The van der Waals surface area contributed by atoms with Crippen molar-refractivity contribution in [1.29, 1.82) is 0 Å². The third-order valence-electron chi connectivity index (χ3n) is 1.92. The van der Waals surface area contributed by atoms with Crippen molar-refractivity contribution in [1.82, 2.24) is 20.2 Å². The molecule has 0 aromatic carbocycles. The fourth-order valence-corrected chi connectivity index (χ4v) is 3.18. The topological polar surface area (TPSA) is 56.0 Å². The number of hydrogen-bond donors (Lipinski definition) is 0. The van der Waals surface area contributed by atoms with E-state index in [1.807, 2.05) is 16.4 Å². The zero-order valence-electron chi connectivity index (χ0n) is 8.59. The molecule has 7 heteroatoms. The van der Waals surface area contributed by atoms with E-state index in [4.69, 9.17) is 0 Å². The molecular formula is C8H13N5S2. The second-order valence-corrected chi connectivity index (χ2v) is 5.41. The van der Waals surface area contributed by atoms with Crippen molar-refractivity contribution in [2.75, 3.05) is 12.3 Å². The molecule has 1 aromatic heterocycles. The molecule has 0 atom stereocenters. The Kier molecular flexibility index (Phi) is 4.01. The van der Waals surface area contributed by atoms with Crippen LogP contribution in [-0.4, -0.2) is 36.9 Å². The van der Waals surface area contributed by atoms with Gasteiger partial charge in [-0.15, -0.1) is 5.10 Å². The number of tetrazole rings is 1. The lowest BCUT2D eigenvalue weighted by atomic mass is 10.5. The Morgan fingerprint density at radius 3 is 3.20 bits per heavy atom. The van der Waals surface area contributed by atoms with Gasteiger partial charge in [0.25, 0.3) is 0 Å². The lowest BCUT2D eigenvalue weighted by Crippen LogP contribution is -2.04. The van der Waals surface area contributed by atoms with Gasteiger partial charge in [-0.25, -0.2) is 4.68 Å². The minimum atomic E-state index is 0.818. The highest BCUT2D eigenvalue weighted by Gasteiger charge is 2.11. The number of rotatable bonds is 4. The highest BCUT2D eigenvalue weighted by atomic mass is 32.2. The normalized spacial score (nSPS) is 15.7. The molecule has 0 bridgehead atoms. The molecule has 5 nitrogen and oxygen atoms in total. The summed E-state index contributed by atoms with van der Waals surface area (Å²) >= 11 is 3.55. The van der Waals surface area contributed by atoms with Crippen molar-refractivity contribution < 1.29 is 0 Å². The average Bonchev–Trinajstić information content (AvgIpc) is 2.85. The van der Waals surface area contributed by atoms with Gasteiger partial charge in [-0.1, -0.05) is 30.4 Å². The molecular weight excluding hydrogens is 230 g/mol. The molecule has 0 spiro atoms. The molecule has 0 saturated heterocycles. The van der Waals surface area contributed by atoms with Gasteiger partial charge in [0, 0.05) is 12.3 Å². The highest BCUT2D eigenvalue weighted by molar-refractivity contribution is 8.38. The molecule has 2 heterocycles. The molecule has 1 aliphatic rings. The standard InChI is InChI=1S/C8H13N5S2/c1-2-4-13-7(10-11-12-13)6-15-8-9-3-5-14-8/h2-6H2,1H3. The molecule has 0 amide bonds. The first-order valence-corrected chi connectivity index (χ1v) is 6.92. The number of nitrogens with zero attached hydrogens (tertiary/aromatic N) is 5. The number of aliphatic imine (C=N–C) groups is 1. The molecule has 0 saturated carbocycles. The first-order chi connectivity index (χ1) is 7.40. The number of hydrogen-bond acceptors (Lipinski definition) is 6. The van der Waals surface area contributed by atoms with E-state index in [0.717, 1.165) is 36.8 Å². The largest absolute Gasteiger partial charge is 0.271 e. The van der Waals surface area contributed by atoms with Crippen molar-refractivity contribution in [3.8, 4) is 0 Å². The summed E-state index contributed by atoms with van der Waals surface area (Å²) in [6.45, 7) is 3.96. The molecule has 0 unspecified atom stereocenters. The summed E-state index contributed by atoms with van der Waals surface area (Å²) in [6, 6.07) is 0. The summed E-state index contributed by atoms with van der Waals surface area (Å²) in [5, 5.41) is 11.6. The van der Waals surface area contributed by atoms with Crippen LogP contribution in [0.5, 0.6) is 0 Å². The van der Waals surface area contributed by atoms with Crippen LogP contribution in [0.2, 0.25) is 0 Å². The lowest BCUT2D eigenvalue weighted by Gasteiger charge is -2.01. The predicted octanol–water partition coefficient (Wildman–Crippen LogP) is 1.42. The molecule has 0 fully saturated rings. The van der Waals surface area contributed by atoms with Gasteiger partial charge < -0.3 is 0 Å². The fraction of sp³-hybridized carbons (Fsp3) is 0.750. The quantitative estimate of drug-likeness (QED) is 0.800. The molecule has 15 heavy (non-hydrogen) atoms. The third kappa shape index (κ3) is 2.94. The van der Waals surface area contributed by atoms with Gasteiger partial charge >= 0.3 is 0 Å². The first kappa shape index (κ1) is 10.9. The Hall–Kier alpha value is -0.560. The van der Waals surface area contributed by atoms with Gasteiger partial charge in [-0.3, -0.25) is 4.99 Å². The van der Waals surface area contributed by atoms with Crippen LogP contribution < -0.4 is 0 Å². The van der Waals surface area contributed by atoms with Crippen LogP contribution >= 0.6 is 23.5 Å². The van der Waals surface area contributed by atoms with Crippen LogP contribution in [0.4, 0.5) is 0 Å². The molecule has 2 rings (SSSR count). The highest BCUT2D eigenvalue weighted by Crippen LogP contribution is 2.24. The molecule has 0 aliphatic carbocycles. The zero-order valence-corrected chi connectivity index (χ0v) is 10.2. The van der Waals surface area contributed by atoms with Crippen LogP contribution in [-0.2, 0) is 12.3 Å². The maximum atomic E-state index is 4.38. The summed E-state index contributed by atoms with van der Waals surface area (Å²) in [7, 11) is 0. The van der Waals surface area contributed by atoms with Crippen molar-refractivity contribution in [3.63, 3.8) is 0 Å². The Labute approximate surface area is 97.1 Å². The second kappa shape index (κ2) is 5.50. The van der Waals surface area contributed by atoms with Gasteiger partial charge in [0.05, 0.1) is 12.3 Å². The van der Waals surface area contributed by atoms with Gasteiger partial charge in [0.15, 0.2) is 5.82 Å². The maximum Gasteiger partial charge on any atom is 0.161 e. The Balaban J connectivity index is 1.89. The molecule has 1 aromatic rings. The first-order valence-electron chi connectivity index (χ1n) is 4.95. The van der Waals surface area contributed by atoms with E-state index >= 15 is 0 Å². The van der Waals surface area contributed by atoms with E-state index < -0.39 is 0 Å². The van der Waals surface area contributed by atoms with Gasteiger partial charge in [-0.2, -0.15) is 0 Å². The van der Waals surface area contributed by atoms with Crippen molar-refractivity contribution in [2.45, 2.75) is 25.6 Å². The van der Waals surface area contributed by atoms with Crippen LogP contribution in [0.15, 0.2) is 4.99 Å².